The van der Waals surface area contributed by atoms with E-state index in [2.05, 4.69) is 10.6 Å². The average molecular weight is 308 g/mol. The standard InChI is InChI=1S/C15H21FN4O2/c1-19(11-15(22)20-8-6-17-7-9-20)10-14(21)18-13-5-3-2-4-12(13)16/h2-5,17H,6-11H2,1H3,(H,18,21). The van der Waals surface area contributed by atoms with E-state index in [1.165, 1.54) is 12.1 Å². The van der Waals surface area contributed by atoms with Crippen molar-refractivity contribution in [3.8, 4) is 0 Å². The van der Waals surface area contributed by atoms with Crippen molar-refractivity contribution in [1.82, 2.24) is 15.1 Å². The third-order valence-electron chi connectivity index (χ3n) is 3.44. The van der Waals surface area contributed by atoms with Crippen molar-refractivity contribution in [1.29, 1.82) is 0 Å². The molecule has 2 rings (SSSR count). The van der Waals surface area contributed by atoms with Gasteiger partial charge in [-0.05, 0) is 19.2 Å². The number of nitrogens with one attached hydrogen (secondary N) is 2. The van der Waals surface area contributed by atoms with Gasteiger partial charge in [0, 0.05) is 26.2 Å². The fourth-order valence-corrected chi connectivity index (χ4v) is 2.30. The number of benzene rings is 1. The van der Waals surface area contributed by atoms with Gasteiger partial charge >= 0.3 is 0 Å². The highest BCUT2D eigenvalue weighted by molar-refractivity contribution is 5.92. The molecule has 0 aromatic heterocycles. The Labute approximate surface area is 129 Å². The molecule has 0 unspecified atom stereocenters. The van der Waals surface area contributed by atoms with Crippen LogP contribution in [0.2, 0.25) is 0 Å². The summed E-state index contributed by atoms with van der Waals surface area (Å²) in [6.45, 7) is 3.17. The van der Waals surface area contributed by atoms with Crippen LogP contribution < -0.4 is 10.6 Å². The van der Waals surface area contributed by atoms with E-state index in [0.717, 1.165) is 13.1 Å². The summed E-state index contributed by atoms with van der Waals surface area (Å²) in [7, 11) is 1.70. The van der Waals surface area contributed by atoms with Gasteiger partial charge in [0.1, 0.15) is 5.82 Å². The molecule has 0 atom stereocenters. The van der Waals surface area contributed by atoms with Crippen molar-refractivity contribution in [3.05, 3.63) is 30.1 Å². The maximum atomic E-state index is 13.4. The molecule has 1 aliphatic heterocycles. The molecule has 7 heteroatoms. The maximum absolute atomic E-state index is 13.4. The predicted molar refractivity (Wildman–Crippen MR) is 82.0 cm³/mol. The number of likely N-dealkylation sites (N-methyl/N-ethyl adjacent to an activating group) is 1. The molecule has 0 bridgehead atoms. The molecule has 1 fully saturated rings. The highest BCUT2D eigenvalue weighted by Gasteiger charge is 2.18. The topological polar surface area (TPSA) is 64.7 Å². The van der Waals surface area contributed by atoms with Gasteiger partial charge < -0.3 is 15.5 Å². The molecule has 0 saturated carbocycles. The van der Waals surface area contributed by atoms with E-state index in [9.17, 15) is 14.0 Å². The van der Waals surface area contributed by atoms with E-state index < -0.39 is 5.82 Å². The van der Waals surface area contributed by atoms with Crippen LogP contribution in [-0.4, -0.2) is 67.9 Å². The summed E-state index contributed by atoms with van der Waals surface area (Å²) in [6, 6.07) is 5.99. The number of halogens is 1. The van der Waals surface area contributed by atoms with Crippen molar-refractivity contribution in [3.63, 3.8) is 0 Å². The summed E-state index contributed by atoms with van der Waals surface area (Å²) in [5, 5.41) is 5.68. The molecule has 1 aliphatic rings. The number of piperazine rings is 1. The molecule has 6 nitrogen and oxygen atoms in total. The molecule has 2 amide bonds. The summed E-state index contributed by atoms with van der Waals surface area (Å²) in [6.07, 6.45) is 0. The van der Waals surface area contributed by atoms with Gasteiger partial charge in [-0.3, -0.25) is 14.5 Å². The van der Waals surface area contributed by atoms with Gasteiger partial charge in [0.15, 0.2) is 0 Å². The number of anilines is 1. The van der Waals surface area contributed by atoms with E-state index in [1.54, 1.807) is 29.0 Å². The lowest BCUT2D eigenvalue weighted by molar-refractivity contribution is -0.133. The quantitative estimate of drug-likeness (QED) is 0.811. The molecule has 1 heterocycles. The number of amides is 2. The van der Waals surface area contributed by atoms with Crippen molar-refractivity contribution >= 4 is 17.5 Å². The van der Waals surface area contributed by atoms with Gasteiger partial charge in [-0.15, -0.1) is 0 Å². The maximum Gasteiger partial charge on any atom is 0.238 e. The first kappa shape index (κ1) is 16.4. The Hall–Kier alpha value is -1.99. The van der Waals surface area contributed by atoms with Crippen LogP contribution in [-0.2, 0) is 9.59 Å². The monoisotopic (exact) mass is 308 g/mol. The second-order valence-corrected chi connectivity index (χ2v) is 5.33. The van der Waals surface area contributed by atoms with Gasteiger partial charge in [0.2, 0.25) is 11.8 Å². The number of rotatable bonds is 5. The lowest BCUT2D eigenvalue weighted by Crippen LogP contribution is -2.49. The second kappa shape index (κ2) is 7.86. The van der Waals surface area contributed by atoms with Crippen molar-refractivity contribution in [2.45, 2.75) is 0 Å². The first-order chi connectivity index (χ1) is 10.6. The summed E-state index contributed by atoms with van der Waals surface area (Å²) in [4.78, 5) is 27.4. The van der Waals surface area contributed by atoms with Crippen LogP contribution in [0.4, 0.5) is 10.1 Å². The fourth-order valence-electron chi connectivity index (χ4n) is 2.30. The predicted octanol–water partition coefficient (Wildman–Crippen LogP) is 0.128. The Morgan fingerprint density at radius 3 is 2.64 bits per heavy atom. The van der Waals surface area contributed by atoms with Crippen molar-refractivity contribution in [2.24, 2.45) is 0 Å². The zero-order chi connectivity index (χ0) is 15.9. The Balaban J connectivity index is 1.78. The Morgan fingerprint density at radius 1 is 1.27 bits per heavy atom. The zero-order valence-corrected chi connectivity index (χ0v) is 12.6. The molecule has 0 aliphatic carbocycles. The van der Waals surface area contributed by atoms with E-state index in [4.69, 9.17) is 0 Å². The van der Waals surface area contributed by atoms with Crippen LogP contribution in [0.25, 0.3) is 0 Å². The molecule has 0 spiro atoms. The molecule has 1 saturated heterocycles. The largest absolute Gasteiger partial charge is 0.339 e. The number of nitrogens with zero attached hydrogens (tertiary/aromatic N) is 2. The molecular weight excluding hydrogens is 287 g/mol. The van der Waals surface area contributed by atoms with Gasteiger partial charge in [-0.2, -0.15) is 0 Å². The number of carbonyl (C=O) groups excluding carboxylic acids is 2. The second-order valence-electron chi connectivity index (χ2n) is 5.33. The molecule has 1 aromatic carbocycles. The highest BCUT2D eigenvalue weighted by atomic mass is 19.1. The fraction of sp³-hybridized carbons (Fsp3) is 0.467. The lowest BCUT2D eigenvalue weighted by Gasteiger charge is -2.29. The number of para-hydroxylation sites is 1. The SMILES string of the molecule is CN(CC(=O)Nc1ccccc1F)CC(=O)N1CCNCC1. The summed E-state index contributed by atoms with van der Waals surface area (Å²) >= 11 is 0. The zero-order valence-electron chi connectivity index (χ0n) is 12.6. The average Bonchev–Trinajstić information content (AvgIpc) is 2.50. The van der Waals surface area contributed by atoms with Gasteiger partial charge in [0.25, 0.3) is 0 Å². The minimum Gasteiger partial charge on any atom is -0.339 e. The van der Waals surface area contributed by atoms with E-state index in [1.807, 2.05) is 0 Å². The van der Waals surface area contributed by atoms with E-state index >= 15 is 0 Å². The van der Waals surface area contributed by atoms with E-state index in [-0.39, 0.29) is 30.6 Å². The van der Waals surface area contributed by atoms with Gasteiger partial charge in [-0.25, -0.2) is 4.39 Å². The van der Waals surface area contributed by atoms with Crippen LogP contribution in [0.3, 0.4) is 0 Å². The third kappa shape index (κ3) is 4.78. The summed E-state index contributed by atoms with van der Waals surface area (Å²) < 4.78 is 13.4. The van der Waals surface area contributed by atoms with Crippen molar-refractivity contribution < 1.29 is 14.0 Å². The Bertz CT molecular complexity index is 532. The van der Waals surface area contributed by atoms with Crippen molar-refractivity contribution in [2.75, 3.05) is 51.6 Å². The van der Waals surface area contributed by atoms with Gasteiger partial charge in [-0.1, -0.05) is 12.1 Å². The molecule has 2 N–H and O–H groups in total. The number of carbonyl (C=O) groups is 2. The van der Waals surface area contributed by atoms with Crippen LogP contribution in [0.1, 0.15) is 0 Å². The first-order valence-electron chi connectivity index (χ1n) is 7.27. The van der Waals surface area contributed by atoms with Crippen LogP contribution in [0.5, 0.6) is 0 Å². The summed E-state index contributed by atoms with van der Waals surface area (Å²) in [5.41, 5.74) is 0.148. The minimum absolute atomic E-state index is 0.00249. The van der Waals surface area contributed by atoms with Crippen LogP contribution in [0, 0.1) is 5.82 Å². The first-order valence-corrected chi connectivity index (χ1v) is 7.27. The lowest BCUT2D eigenvalue weighted by atomic mass is 10.3. The smallest absolute Gasteiger partial charge is 0.238 e. The number of hydrogen-bond donors (Lipinski definition) is 2. The van der Waals surface area contributed by atoms with Crippen LogP contribution in [0.15, 0.2) is 24.3 Å². The molecule has 120 valence electrons. The van der Waals surface area contributed by atoms with Crippen LogP contribution >= 0.6 is 0 Å². The molecular formula is C15H21FN4O2. The summed E-state index contributed by atoms with van der Waals surface area (Å²) in [5.74, 6) is -0.821. The minimum atomic E-state index is -0.476. The molecule has 1 aromatic rings. The number of hydrogen-bond acceptors (Lipinski definition) is 4. The molecule has 22 heavy (non-hydrogen) atoms. The van der Waals surface area contributed by atoms with Gasteiger partial charge in [0.05, 0.1) is 18.8 Å². The Morgan fingerprint density at radius 2 is 1.95 bits per heavy atom. The normalized spacial score (nSPS) is 15.0. The Kier molecular flexibility index (Phi) is 5.85. The third-order valence-corrected chi connectivity index (χ3v) is 3.44. The highest BCUT2D eigenvalue weighted by Crippen LogP contribution is 2.12. The van der Waals surface area contributed by atoms with E-state index in [0.29, 0.717) is 13.1 Å². The molecule has 0 radical (unpaired) electrons.